The molecule has 0 spiro atoms. The van der Waals surface area contributed by atoms with Gasteiger partial charge in [0.2, 0.25) is 5.89 Å². The Morgan fingerprint density at radius 3 is 2.08 bits per heavy atom. The molecule has 25 heavy (non-hydrogen) atoms. The second-order valence-electron chi connectivity index (χ2n) is 7.46. The number of nitrogens with zero attached hydrogens (tertiary/aromatic N) is 1. The topological polar surface area (TPSA) is 46.3 Å². The van der Waals surface area contributed by atoms with Gasteiger partial charge in [0.1, 0.15) is 11.5 Å². The third-order valence-corrected chi connectivity index (χ3v) is 5.78. The van der Waals surface area contributed by atoms with Crippen molar-refractivity contribution in [2.45, 2.75) is 76.0 Å². The summed E-state index contributed by atoms with van der Waals surface area (Å²) in [5, 5.41) is 10.2. The van der Waals surface area contributed by atoms with E-state index < -0.39 is 0 Å². The number of phenols is 1. The van der Waals surface area contributed by atoms with Crippen LogP contribution in [0.5, 0.6) is 5.75 Å². The maximum Gasteiger partial charge on any atom is 0.230 e. The Morgan fingerprint density at radius 2 is 1.44 bits per heavy atom. The first-order chi connectivity index (χ1) is 11.8. The Bertz CT molecular complexity index is 649. The molecule has 0 bridgehead atoms. The van der Waals surface area contributed by atoms with Crippen molar-refractivity contribution in [1.82, 2.24) is 4.98 Å². The Labute approximate surface area is 163 Å². The monoisotopic (exact) mass is 389 g/mol. The van der Waals surface area contributed by atoms with Gasteiger partial charge in [0.25, 0.3) is 0 Å². The van der Waals surface area contributed by atoms with Gasteiger partial charge in [-0.1, -0.05) is 50.7 Å². The number of oxazole rings is 1. The number of para-hydroxylation sites is 1. The molecule has 4 rings (SSSR count). The zero-order chi connectivity index (χ0) is 16.4. The van der Waals surface area contributed by atoms with Crippen LogP contribution in [0.2, 0.25) is 0 Å². The van der Waals surface area contributed by atoms with E-state index >= 15 is 0 Å². The van der Waals surface area contributed by atoms with Crippen LogP contribution in [-0.2, 0) is 19.5 Å². The zero-order valence-corrected chi connectivity index (χ0v) is 18.0. The molecule has 1 aromatic carbocycles. The first kappa shape index (κ1) is 18.6. The van der Waals surface area contributed by atoms with Crippen LogP contribution in [0.15, 0.2) is 28.7 Å². The summed E-state index contributed by atoms with van der Waals surface area (Å²) < 4.78 is 6.30. The molecule has 0 saturated heterocycles. The van der Waals surface area contributed by atoms with Crippen molar-refractivity contribution in [3.8, 4) is 17.2 Å². The molecule has 130 valence electrons. The van der Waals surface area contributed by atoms with E-state index in [1.807, 2.05) is 18.2 Å². The van der Waals surface area contributed by atoms with Crippen LogP contribution in [0.4, 0.5) is 0 Å². The molecule has 2 aliphatic carbocycles. The average molecular weight is 391 g/mol. The first-order valence-electron chi connectivity index (χ1n) is 9.62. The summed E-state index contributed by atoms with van der Waals surface area (Å²) in [5.74, 6) is 3.04. The van der Waals surface area contributed by atoms with E-state index in [1.54, 1.807) is 6.07 Å². The standard InChI is InChI=1S/C21H27NO2.Zn/c23-18-14-8-7-13-17(18)21-22-19(15-9-3-1-4-10-15)20(24-21)16-11-5-2-6-12-16;/h7-8,13-16,23H,1-6,9-12H2;. The number of aromatic nitrogens is 1. The van der Waals surface area contributed by atoms with Gasteiger partial charge in [0.15, 0.2) is 0 Å². The normalized spacial score (nSPS) is 19.5. The fourth-order valence-electron chi connectivity index (χ4n) is 4.44. The summed E-state index contributed by atoms with van der Waals surface area (Å²) in [4.78, 5) is 4.91. The molecule has 0 amide bonds. The summed E-state index contributed by atoms with van der Waals surface area (Å²) >= 11 is 0. The largest absolute Gasteiger partial charge is 0.507 e. The van der Waals surface area contributed by atoms with E-state index in [9.17, 15) is 5.11 Å². The quantitative estimate of drug-likeness (QED) is 0.640. The van der Waals surface area contributed by atoms with E-state index in [-0.39, 0.29) is 25.2 Å². The molecule has 2 aromatic rings. The number of rotatable bonds is 3. The molecule has 1 aromatic heterocycles. The maximum atomic E-state index is 10.2. The number of hydrogen-bond donors (Lipinski definition) is 1. The summed E-state index contributed by atoms with van der Waals surface area (Å²) in [6.07, 6.45) is 12.8. The second-order valence-corrected chi connectivity index (χ2v) is 7.46. The van der Waals surface area contributed by atoms with Crippen LogP contribution in [0.1, 0.15) is 87.5 Å². The van der Waals surface area contributed by atoms with Gasteiger partial charge < -0.3 is 9.52 Å². The van der Waals surface area contributed by atoms with Crippen LogP contribution in [0.3, 0.4) is 0 Å². The van der Waals surface area contributed by atoms with Crippen molar-refractivity contribution >= 4 is 0 Å². The molecule has 4 heteroatoms. The number of benzene rings is 1. The number of aromatic hydroxyl groups is 1. The Morgan fingerprint density at radius 1 is 0.840 bits per heavy atom. The van der Waals surface area contributed by atoms with Crippen molar-refractivity contribution in [2.24, 2.45) is 0 Å². The van der Waals surface area contributed by atoms with Crippen molar-refractivity contribution in [1.29, 1.82) is 0 Å². The van der Waals surface area contributed by atoms with Gasteiger partial charge in [0.05, 0.1) is 11.3 Å². The molecule has 0 atom stereocenters. The first-order valence-corrected chi connectivity index (χ1v) is 9.62. The third kappa shape index (κ3) is 4.00. The fourth-order valence-corrected chi connectivity index (χ4v) is 4.44. The molecule has 3 nitrogen and oxygen atoms in total. The number of phenolic OH excluding ortho intramolecular Hbond substituents is 1. The second kappa shape index (κ2) is 8.49. The van der Waals surface area contributed by atoms with Gasteiger partial charge in [-0.25, -0.2) is 4.98 Å². The minimum Gasteiger partial charge on any atom is -0.507 e. The molecule has 1 N–H and O–H groups in total. The molecule has 2 fully saturated rings. The summed E-state index contributed by atoms with van der Waals surface area (Å²) in [7, 11) is 0. The number of hydrogen-bond acceptors (Lipinski definition) is 3. The summed E-state index contributed by atoms with van der Waals surface area (Å²) in [6.45, 7) is 0. The van der Waals surface area contributed by atoms with E-state index in [4.69, 9.17) is 9.40 Å². The van der Waals surface area contributed by atoms with Crippen molar-refractivity contribution in [3.63, 3.8) is 0 Å². The van der Waals surface area contributed by atoms with Gasteiger partial charge in [-0.05, 0) is 37.8 Å². The SMILES string of the molecule is Oc1ccccc1-c1nc(C2CCCCC2)c(C2CCCCC2)o1.[Zn]. The Balaban J connectivity index is 0.00000182. The smallest absolute Gasteiger partial charge is 0.230 e. The molecular formula is C21H27NO2Zn. The summed E-state index contributed by atoms with van der Waals surface area (Å²) in [6, 6.07) is 7.38. The van der Waals surface area contributed by atoms with Gasteiger partial charge >= 0.3 is 0 Å². The van der Waals surface area contributed by atoms with E-state index in [0.717, 1.165) is 11.3 Å². The van der Waals surface area contributed by atoms with Crippen LogP contribution in [-0.4, -0.2) is 10.1 Å². The van der Waals surface area contributed by atoms with E-state index in [1.165, 1.54) is 69.9 Å². The molecule has 0 aliphatic heterocycles. The summed E-state index contributed by atoms with van der Waals surface area (Å²) in [5.41, 5.74) is 1.91. The van der Waals surface area contributed by atoms with Crippen LogP contribution < -0.4 is 0 Å². The van der Waals surface area contributed by atoms with Gasteiger partial charge in [-0.15, -0.1) is 0 Å². The average Bonchev–Trinajstić information content (AvgIpc) is 3.09. The van der Waals surface area contributed by atoms with E-state index in [2.05, 4.69) is 0 Å². The van der Waals surface area contributed by atoms with Crippen LogP contribution in [0, 0.1) is 0 Å². The van der Waals surface area contributed by atoms with Crippen molar-refractivity contribution in [3.05, 3.63) is 35.7 Å². The van der Waals surface area contributed by atoms with Crippen molar-refractivity contribution < 1.29 is 29.0 Å². The van der Waals surface area contributed by atoms with Gasteiger partial charge in [-0.3, -0.25) is 0 Å². The fraction of sp³-hybridized carbons (Fsp3) is 0.571. The van der Waals surface area contributed by atoms with Gasteiger partial charge in [-0.2, -0.15) is 0 Å². The van der Waals surface area contributed by atoms with Crippen LogP contribution >= 0.6 is 0 Å². The van der Waals surface area contributed by atoms with E-state index in [0.29, 0.717) is 17.7 Å². The van der Waals surface area contributed by atoms with Crippen LogP contribution in [0.25, 0.3) is 11.5 Å². The zero-order valence-electron chi connectivity index (χ0n) is 15.0. The minimum absolute atomic E-state index is 0. The molecule has 0 unspecified atom stereocenters. The van der Waals surface area contributed by atoms with Crippen molar-refractivity contribution in [2.75, 3.05) is 0 Å². The molecule has 1 heterocycles. The molecule has 0 radical (unpaired) electrons. The molecular weight excluding hydrogens is 364 g/mol. The minimum atomic E-state index is 0. The third-order valence-electron chi connectivity index (χ3n) is 5.78. The molecule has 2 aliphatic rings. The predicted octanol–water partition coefficient (Wildman–Crippen LogP) is 6.14. The Hall–Kier alpha value is -1.15. The molecule has 2 saturated carbocycles. The predicted molar refractivity (Wildman–Crippen MR) is 95.3 cm³/mol. The maximum absolute atomic E-state index is 10.2. The van der Waals surface area contributed by atoms with Gasteiger partial charge in [0, 0.05) is 31.3 Å². The Kier molecular flexibility index (Phi) is 6.33.